The topological polar surface area (TPSA) is 22.8 Å². The summed E-state index contributed by atoms with van der Waals surface area (Å²) >= 11 is 0. The Bertz CT molecular complexity index is 4100. The van der Waals surface area contributed by atoms with Crippen LogP contribution < -0.4 is 0 Å². The molecule has 0 amide bonds. The summed E-state index contributed by atoms with van der Waals surface area (Å²) in [5.74, 6) is 0. The van der Waals surface area contributed by atoms with Gasteiger partial charge in [0.15, 0.2) is 0 Å². The van der Waals surface area contributed by atoms with Crippen LogP contribution in [0.15, 0.2) is 182 Å². The molecule has 0 aliphatic heterocycles. The molecule has 0 N–H and O–H groups in total. The SMILES string of the molecule is FC(F)(F)c1ccc(-c2ccc3c(c2)c2ccccc2n3-c2cc(C(F)(F)F)c(-n3c4ccccc4c4cc(-c5ccc(C(F)(F)F)cc5C(F)(F)F)ccc43)cc2-c2cccc(-c3ccccc3)n2)c(C(F)(F)F)c1. The van der Waals surface area contributed by atoms with Crippen molar-refractivity contribution in [2.75, 3.05) is 0 Å². The van der Waals surface area contributed by atoms with E-state index in [1.807, 2.05) is 0 Å². The average molecular weight is 1050 g/mol. The van der Waals surface area contributed by atoms with Crippen LogP contribution in [0.1, 0.15) is 27.8 Å². The Morgan fingerprint density at radius 3 is 1.18 bits per heavy atom. The lowest BCUT2D eigenvalue weighted by Gasteiger charge is -2.22. The van der Waals surface area contributed by atoms with E-state index in [9.17, 15) is 52.7 Å². The van der Waals surface area contributed by atoms with Crippen molar-refractivity contribution in [3.63, 3.8) is 0 Å². The Labute approximate surface area is 419 Å². The van der Waals surface area contributed by atoms with E-state index in [0.717, 1.165) is 6.07 Å². The molecule has 11 aromatic rings. The molecule has 382 valence electrons. The Balaban J connectivity index is 1.20. The molecule has 18 heteroatoms. The molecule has 0 unspecified atom stereocenters. The molecular weight excluding hydrogens is 1020 g/mol. The van der Waals surface area contributed by atoms with Crippen molar-refractivity contribution in [3.8, 4) is 56.1 Å². The summed E-state index contributed by atoms with van der Waals surface area (Å²) in [6.45, 7) is 0. The number of benzene rings is 8. The highest BCUT2D eigenvalue weighted by molar-refractivity contribution is 6.12. The van der Waals surface area contributed by atoms with Gasteiger partial charge in [-0.25, -0.2) is 4.98 Å². The average Bonchev–Trinajstić information content (AvgIpc) is 3.94. The number of halogens is 15. The van der Waals surface area contributed by atoms with E-state index in [0.29, 0.717) is 40.9 Å². The highest BCUT2D eigenvalue weighted by Gasteiger charge is 2.41. The fourth-order valence-electron chi connectivity index (χ4n) is 9.95. The van der Waals surface area contributed by atoms with Crippen LogP contribution in [-0.4, -0.2) is 14.1 Å². The first-order chi connectivity index (χ1) is 35.9. The summed E-state index contributed by atoms with van der Waals surface area (Å²) < 4.78 is 220. The van der Waals surface area contributed by atoms with Gasteiger partial charge in [-0.3, -0.25) is 0 Å². The van der Waals surface area contributed by atoms with Gasteiger partial charge >= 0.3 is 30.9 Å². The van der Waals surface area contributed by atoms with E-state index in [4.69, 9.17) is 4.98 Å². The van der Waals surface area contributed by atoms with E-state index >= 15 is 13.2 Å². The molecule has 0 fully saturated rings. The number of pyridine rings is 1. The van der Waals surface area contributed by atoms with Crippen molar-refractivity contribution in [2.24, 2.45) is 0 Å². The van der Waals surface area contributed by atoms with Crippen molar-refractivity contribution in [1.82, 2.24) is 14.1 Å². The van der Waals surface area contributed by atoms with Crippen LogP contribution in [0.3, 0.4) is 0 Å². The highest BCUT2D eigenvalue weighted by atomic mass is 19.4. The number of fused-ring (bicyclic) bond motifs is 6. The van der Waals surface area contributed by atoms with Crippen LogP contribution in [-0.2, 0) is 30.9 Å². The molecule has 11 rings (SSSR count). The molecule has 0 aliphatic rings. The summed E-state index contributed by atoms with van der Waals surface area (Å²) in [6.07, 6.45) is -25.8. The smallest absolute Gasteiger partial charge is 0.309 e. The quantitative estimate of drug-likeness (QED) is 0.152. The zero-order valence-corrected chi connectivity index (χ0v) is 38.3. The van der Waals surface area contributed by atoms with Crippen LogP contribution in [0, 0.1) is 0 Å². The second kappa shape index (κ2) is 17.5. The third kappa shape index (κ3) is 8.64. The van der Waals surface area contributed by atoms with E-state index in [1.54, 1.807) is 84.9 Å². The number of nitrogens with zero attached hydrogens (tertiary/aromatic N) is 3. The van der Waals surface area contributed by atoms with Gasteiger partial charge in [-0.2, -0.15) is 65.9 Å². The van der Waals surface area contributed by atoms with Gasteiger partial charge in [0.1, 0.15) is 0 Å². The zero-order chi connectivity index (χ0) is 53.9. The fraction of sp³-hybridized carbons (Fsp3) is 0.0862. The maximum atomic E-state index is 16.2. The van der Waals surface area contributed by atoms with Crippen LogP contribution in [0.25, 0.3) is 99.8 Å². The first-order valence-electron chi connectivity index (χ1n) is 22.8. The monoisotopic (exact) mass is 1050 g/mol. The highest BCUT2D eigenvalue weighted by Crippen LogP contribution is 2.48. The first-order valence-corrected chi connectivity index (χ1v) is 22.8. The van der Waals surface area contributed by atoms with Crippen molar-refractivity contribution in [1.29, 1.82) is 0 Å². The fourth-order valence-corrected chi connectivity index (χ4v) is 9.95. The van der Waals surface area contributed by atoms with E-state index in [-0.39, 0.29) is 78.4 Å². The first kappa shape index (κ1) is 49.7. The van der Waals surface area contributed by atoms with Crippen molar-refractivity contribution in [3.05, 3.63) is 210 Å². The Hall–Kier alpha value is -8.54. The van der Waals surface area contributed by atoms with Gasteiger partial charge in [-0.05, 0) is 107 Å². The van der Waals surface area contributed by atoms with E-state index in [2.05, 4.69) is 0 Å². The van der Waals surface area contributed by atoms with Gasteiger partial charge in [-0.15, -0.1) is 0 Å². The van der Waals surface area contributed by atoms with E-state index in [1.165, 1.54) is 63.7 Å². The molecule has 0 saturated carbocycles. The van der Waals surface area contributed by atoms with Gasteiger partial charge in [0.25, 0.3) is 0 Å². The third-order valence-corrected chi connectivity index (χ3v) is 13.3. The Morgan fingerprint density at radius 2 is 0.711 bits per heavy atom. The molecule has 0 atom stereocenters. The zero-order valence-electron chi connectivity index (χ0n) is 38.3. The van der Waals surface area contributed by atoms with Crippen LogP contribution in [0.5, 0.6) is 0 Å². The Kier molecular flexibility index (Phi) is 11.5. The maximum absolute atomic E-state index is 16.2. The van der Waals surface area contributed by atoms with Gasteiger partial charge in [0.05, 0.1) is 72.6 Å². The lowest BCUT2D eigenvalue weighted by molar-refractivity contribution is -0.144. The minimum atomic E-state index is -5.24. The predicted octanol–water partition coefficient (Wildman–Crippen LogP) is 19.0. The molecule has 0 radical (unpaired) electrons. The van der Waals surface area contributed by atoms with Gasteiger partial charge in [0, 0.05) is 32.7 Å². The Morgan fingerprint density at radius 1 is 0.276 bits per heavy atom. The molecule has 3 nitrogen and oxygen atoms in total. The van der Waals surface area contributed by atoms with Crippen molar-refractivity contribution < 1.29 is 65.9 Å². The number of rotatable bonds is 6. The maximum Gasteiger partial charge on any atom is 0.418 e. The van der Waals surface area contributed by atoms with Crippen molar-refractivity contribution in [2.45, 2.75) is 30.9 Å². The summed E-state index contributed by atoms with van der Waals surface area (Å²) in [5, 5.41) is 1.02. The van der Waals surface area contributed by atoms with E-state index < -0.39 is 75.5 Å². The molecule has 76 heavy (non-hydrogen) atoms. The van der Waals surface area contributed by atoms with Gasteiger partial charge in [-0.1, -0.05) is 97.1 Å². The number of hydrogen-bond donors (Lipinski definition) is 0. The number of alkyl halides is 15. The minimum absolute atomic E-state index is 0.00138. The third-order valence-electron chi connectivity index (χ3n) is 13.3. The summed E-state index contributed by atoms with van der Waals surface area (Å²) in [5.41, 5.74) is -7.47. The molecule has 0 spiro atoms. The lowest BCUT2D eigenvalue weighted by Crippen LogP contribution is -2.13. The van der Waals surface area contributed by atoms with Crippen LogP contribution >= 0.6 is 0 Å². The predicted molar refractivity (Wildman–Crippen MR) is 260 cm³/mol. The normalized spacial score (nSPS) is 12.9. The minimum Gasteiger partial charge on any atom is -0.309 e. The second-order valence-corrected chi connectivity index (χ2v) is 17.8. The standard InChI is InChI=1S/C58H30F15N3/c59-54(60,61)34-19-21-36(43(27-34)56(65,66)67)32-17-23-50-40(25-32)38-11-4-6-15-48(38)75(50)52-30-45(58(71,72)73)53(29-42(52)47-14-8-13-46(74-47)31-9-2-1-3-10-31)76-49-16-7-5-12-39(49)41-26-33(18-24-51(41)76)37-22-20-35(55(62,63)64)28-44(37)57(68,69)70/h1-30H. The molecule has 3 aromatic heterocycles. The summed E-state index contributed by atoms with van der Waals surface area (Å²) in [6, 6.07) is 38.5. The van der Waals surface area contributed by atoms with Crippen LogP contribution in [0.4, 0.5) is 65.9 Å². The van der Waals surface area contributed by atoms with Gasteiger partial charge < -0.3 is 9.13 Å². The summed E-state index contributed by atoms with van der Waals surface area (Å²) in [4.78, 5) is 4.94. The molecule has 0 aliphatic carbocycles. The second-order valence-electron chi connectivity index (χ2n) is 17.8. The molecule has 0 saturated heterocycles. The van der Waals surface area contributed by atoms with Crippen molar-refractivity contribution >= 4 is 43.6 Å². The number of para-hydroxylation sites is 2. The van der Waals surface area contributed by atoms with Crippen LogP contribution in [0.2, 0.25) is 0 Å². The molecule has 8 aromatic carbocycles. The molecule has 3 heterocycles. The number of aromatic nitrogens is 3. The summed E-state index contributed by atoms with van der Waals surface area (Å²) in [7, 11) is 0. The largest absolute Gasteiger partial charge is 0.418 e. The molecule has 0 bridgehead atoms. The number of hydrogen-bond acceptors (Lipinski definition) is 1. The molecular formula is C58H30F15N3. The lowest BCUT2D eigenvalue weighted by atomic mass is 9.95. The van der Waals surface area contributed by atoms with Gasteiger partial charge in [0.2, 0.25) is 0 Å².